The topological polar surface area (TPSA) is 58.7 Å². The van der Waals surface area contributed by atoms with Gasteiger partial charge in [0, 0.05) is 24.0 Å². The molecule has 1 N–H and O–H groups in total. The summed E-state index contributed by atoms with van der Waals surface area (Å²) in [5, 5.41) is 15.9. The molecule has 5 nitrogen and oxygen atoms in total. The predicted octanol–water partition coefficient (Wildman–Crippen LogP) is 2.05. The average Bonchev–Trinajstić information content (AvgIpc) is 3.01. The number of thiophene rings is 1. The third kappa shape index (κ3) is 5.05. The molecule has 0 aliphatic carbocycles. The van der Waals surface area contributed by atoms with Gasteiger partial charge in [-0.05, 0) is 25.4 Å². The van der Waals surface area contributed by atoms with E-state index in [0.29, 0.717) is 26.3 Å². The fourth-order valence-corrected chi connectivity index (χ4v) is 2.58. The van der Waals surface area contributed by atoms with Gasteiger partial charge in [0.15, 0.2) is 0 Å². The summed E-state index contributed by atoms with van der Waals surface area (Å²) in [5.74, 6) is 0.799. The number of aliphatic hydroxyl groups is 1. The van der Waals surface area contributed by atoms with Crippen LogP contribution in [0, 0.1) is 6.92 Å². The summed E-state index contributed by atoms with van der Waals surface area (Å²) in [6, 6.07) is 5.92. The van der Waals surface area contributed by atoms with E-state index >= 15 is 0 Å². The van der Waals surface area contributed by atoms with Crippen LogP contribution in [0.2, 0.25) is 0 Å². The third-order valence-corrected chi connectivity index (χ3v) is 3.62. The van der Waals surface area contributed by atoms with E-state index in [1.54, 1.807) is 11.3 Å². The van der Waals surface area contributed by atoms with Crippen molar-refractivity contribution >= 4 is 11.3 Å². The van der Waals surface area contributed by atoms with Crippen molar-refractivity contribution in [3.63, 3.8) is 0 Å². The Labute approximate surface area is 122 Å². The molecule has 0 spiro atoms. The normalized spacial score (nSPS) is 13.0. The maximum atomic E-state index is 9.92. The van der Waals surface area contributed by atoms with E-state index < -0.39 is 6.10 Å². The molecule has 0 bridgehead atoms. The van der Waals surface area contributed by atoms with Gasteiger partial charge in [0.2, 0.25) is 0 Å². The zero-order valence-corrected chi connectivity index (χ0v) is 12.6. The smallest absolute Gasteiger partial charge is 0.133 e. The highest BCUT2D eigenvalue weighted by atomic mass is 32.1. The number of nitrogens with zero attached hydrogens (tertiary/aromatic N) is 2. The SMILES string of the molecule is Cc1cc(CN(C)C[C@@H](O)COCc2cccs2)no1. The van der Waals surface area contributed by atoms with Crippen molar-refractivity contribution in [2.75, 3.05) is 20.2 Å². The van der Waals surface area contributed by atoms with Gasteiger partial charge < -0.3 is 14.4 Å². The minimum absolute atomic E-state index is 0.333. The highest BCUT2D eigenvalue weighted by Crippen LogP contribution is 2.10. The molecule has 0 aliphatic heterocycles. The second-order valence-corrected chi connectivity index (χ2v) is 5.91. The average molecular weight is 296 g/mol. The standard InChI is InChI=1S/C14H20N2O3S/c1-11-6-12(15-19-11)7-16(2)8-13(17)9-18-10-14-4-3-5-20-14/h3-6,13,17H,7-10H2,1-2H3/t13-/m1/s1. The van der Waals surface area contributed by atoms with Crippen LogP contribution in [0.25, 0.3) is 0 Å². The van der Waals surface area contributed by atoms with E-state index in [1.165, 1.54) is 4.88 Å². The molecule has 0 fully saturated rings. The third-order valence-electron chi connectivity index (χ3n) is 2.77. The maximum Gasteiger partial charge on any atom is 0.133 e. The van der Waals surface area contributed by atoms with Crippen LogP contribution in [0.4, 0.5) is 0 Å². The largest absolute Gasteiger partial charge is 0.389 e. The predicted molar refractivity (Wildman–Crippen MR) is 77.6 cm³/mol. The second-order valence-electron chi connectivity index (χ2n) is 4.87. The molecule has 0 aliphatic rings. The Kier molecular flexibility index (Phi) is 5.72. The van der Waals surface area contributed by atoms with Gasteiger partial charge in [-0.15, -0.1) is 11.3 Å². The lowest BCUT2D eigenvalue weighted by atomic mass is 10.3. The molecule has 1 atom stereocenters. The van der Waals surface area contributed by atoms with Gasteiger partial charge in [-0.2, -0.15) is 0 Å². The first-order chi connectivity index (χ1) is 9.63. The zero-order chi connectivity index (χ0) is 14.4. The molecule has 110 valence electrons. The number of aromatic nitrogens is 1. The van der Waals surface area contributed by atoms with E-state index in [1.807, 2.05) is 42.5 Å². The number of hydrogen-bond acceptors (Lipinski definition) is 6. The Hall–Kier alpha value is -1.21. The fraction of sp³-hybridized carbons (Fsp3) is 0.500. The number of aliphatic hydroxyl groups excluding tert-OH is 1. The Morgan fingerprint density at radius 1 is 1.55 bits per heavy atom. The Bertz CT molecular complexity index is 498. The summed E-state index contributed by atoms with van der Waals surface area (Å²) in [4.78, 5) is 3.17. The minimum atomic E-state index is -0.507. The molecule has 0 saturated heterocycles. The highest BCUT2D eigenvalue weighted by Gasteiger charge is 2.11. The van der Waals surface area contributed by atoms with E-state index in [2.05, 4.69) is 5.16 Å². The first-order valence-corrected chi connectivity index (χ1v) is 7.40. The molecule has 2 aromatic heterocycles. The maximum absolute atomic E-state index is 9.92. The first-order valence-electron chi connectivity index (χ1n) is 6.52. The molecule has 0 unspecified atom stereocenters. The molecule has 0 saturated carbocycles. The van der Waals surface area contributed by atoms with Gasteiger partial charge in [0.25, 0.3) is 0 Å². The van der Waals surface area contributed by atoms with Crippen LogP contribution >= 0.6 is 11.3 Å². The number of ether oxygens (including phenoxy) is 1. The lowest BCUT2D eigenvalue weighted by Crippen LogP contribution is -2.31. The van der Waals surface area contributed by atoms with Gasteiger partial charge in [0.1, 0.15) is 5.76 Å². The Morgan fingerprint density at radius 2 is 2.40 bits per heavy atom. The summed E-state index contributed by atoms with van der Waals surface area (Å²) in [6.07, 6.45) is -0.507. The first kappa shape index (κ1) is 15.2. The lowest BCUT2D eigenvalue weighted by molar-refractivity contribution is 0.0133. The quantitative estimate of drug-likeness (QED) is 0.808. The van der Waals surface area contributed by atoms with E-state index in [4.69, 9.17) is 9.26 Å². The zero-order valence-electron chi connectivity index (χ0n) is 11.8. The summed E-state index contributed by atoms with van der Waals surface area (Å²) in [6.45, 7) is 3.94. The fourth-order valence-electron chi connectivity index (χ4n) is 1.94. The van der Waals surface area contributed by atoms with Crippen molar-refractivity contribution in [2.45, 2.75) is 26.2 Å². The number of likely N-dealkylation sites (N-methyl/N-ethyl adjacent to an activating group) is 1. The molecule has 20 heavy (non-hydrogen) atoms. The van der Waals surface area contributed by atoms with E-state index in [0.717, 1.165) is 11.5 Å². The highest BCUT2D eigenvalue weighted by molar-refractivity contribution is 7.09. The van der Waals surface area contributed by atoms with Crippen molar-refractivity contribution in [3.8, 4) is 0 Å². The molecular formula is C14H20N2O3S. The Balaban J connectivity index is 1.64. The van der Waals surface area contributed by atoms with Crippen molar-refractivity contribution in [1.82, 2.24) is 10.1 Å². The Morgan fingerprint density at radius 3 is 3.05 bits per heavy atom. The summed E-state index contributed by atoms with van der Waals surface area (Å²) in [5.41, 5.74) is 0.872. The van der Waals surface area contributed by atoms with Crippen molar-refractivity contribution in [2.24, 2.45) is 0 Å². The van der Waals surface area contributed by atoms with Gasteiger partial charge in [-0.25, -0.2) is 0 Å². The van der Waals surface area contributed by atoms with Crippen LogP contribution in [0.3, 0.4) is 0 Å². The molecule has 6 heteroatoms. The van der Waals surface area contributed by atoms with Crippen LogP contribution in [0.5, 0.6) is 0 Å². The summed E-state index contributed by atoms with van der Waals surface area (Å²) in [7, 11) is 1.94. The number of aryl methyl sites for hydroxylation is 1. The van der Waals surface area contributed by atoms with E-state index in [-0.39, 0.29) is 0 Å². The second kappa shape index (κ2) is 7.54. The van der Waals surface area contributed by atoms with E-state index in [9.17, 15) is 5.11 Å². The molecule has 2 aromatic rings. The van der Waals surface area contributed by atoms with Gasteiger partial charge in [-0.3, -0.25) is 4.90 Å². The minimum Gasteiger partial charge on any atom is -0.389 e. The van der Waals surface area contributed by atoms with Crippen molar-refractivity contribution < 1.29 is 14.4 Å². The lowest BCUT2D eigenvalue weighted by Gasteiger charge is -2.19. The van der Waals surface area contributed by atoms with Gasteiger partial charge in [-0.1, -0.05) is 11.2 Å². The molecule has 2 heterocycles. The molecular weight excluding hydrogens is 276 g/mol. The molecule has 2 rings (SSSR count). The van der Waals surface area contributed by atoms with Crippen molar-refractivity contribution in [3.05, 3.63) is 39.9 Å². The number of rotatable bonds is 8. The van der Waals surface area contributed by atoms with Gasteiger partial charge in [0.05, 0.1) is 25.0 Å². The van der Waals surface area contributed by atoms with Crippen LogP contribution in [0.15, 0.2) is 28.1 Å². The molecule has 0 amide bonds. The van der Waals surface area contributed by atoms with Gasteiger partial charge >= 0.3 is 0 Å². The van der Waals surface area contributed by atoms with Crippen LogP contribution in [-0.2, 0) is 17.9 Å². The molecule has 0 aromatic carbocycles. The van der Waals surface area contributed by atoms with Crippen LogP contribution in [0.1, 0.15) is 16.3 Å². The number of hydrogen-bond donors (Lipinski definition) is 1. The molecule has 0 radical (unpaired) electrons. The van der Waals surface area contributed by atoms with Crippen LogP contribution < -0.4 is 0 Å². The van der Waals surface area contributed by atoms with Crippen molar-refractivity contribution in [1.29, 1.82) is 0 Å². The summed E-state index contributed by atoms with van der Waals surface area (Å²) >= 11 is 1.66. The monoisotopic (exact) mass is 296 g/mol. The van der Waals surface area contributed by atoms with Crippen LogP contribution in [-0.4, -0.2) is 41.5 Å². The summed E-state index contributed by atoms with van der Waals surface area (Å²) < 4.78 is 10.5.